The third kappa shape index (κ3) is 3.01. The predicted molar refractivity (Wildman–Crippen MR) is 85.7 cm³/mol. The van der Waals surface area contributed by atoms with Gasteiger partial charge < -0.3 is 9.72 Å². The van der Waals surface area contributed by atoms with Crippen LogP contribution in [0.15, 0.2) is 48.5 Å². The molecule has 3 rings (SSSR count). The molecule has 3 aromatic rings. The molecule has 0 saturated heterocycles. The van der Waals surface area contributed by atoms with E-state index < -0.39 is 5.97 Å². The molecule has 0 amide bonds. The van der Waals surface area contributed by atoms with Crippen molar-refractivity contribution in [3.63, 3.8) is 0 Å². The molecule has 0 radical (unpaired) electrons. The summed E-state index contributed by atoms with van der Waals surface area (Å²) in [5.41, 5.74) is 3.79. The Balaban J connectivity index is 1.76. The van der Waals surface area contributed by atoms with Gasteiger partial charge in [0.2, 0.25) is 5.82 Å². The minimum Gasteiger partial charge on any atom is -0.455 e. The van der Waals surface area contributed by atoms with Gasteiger partial charge in [0.1, 0.15) is 6.61 Å². The summed E-state index contributed by atoms with van der Waals surface area (Å²) in [5.74, 6) is 0.235. The van der Waals surface area contributed by atoms with Crippen molar-refractivity contribution < 1.29 is 9.53 Å². The third-order valence-electron chi connectivity index (χ3n) is 3.58. The maximum Gasteiger partial charge on any atom is 0.374 e. The number of ether oxygens (including phenoxy) is 1. The Morgan fingerprint density at radius 2 is 1.95 bits per heavy atom. The van der Waals surface area contributed by atoms with E-state index in [2.05, 4.69) is 23.8 Å². The van der Waals surface area contributed by atoms with Gasteiger partial charge in [0.15, 0.2) is 0 Å². The van der Waals surface area contributed by atoms with Crippen molar-refractivity contribution in [1.82, 2.24) is 9.97 Å². The lowest BCUT2D eigenvalue weighted by Gasteiger charge is -2.03. The van der Waals surface area contributed by atoms with Gasteiger partial charge in [-0.25, -0.2) is 9.78 Å². The van der Waals surface area contributed by atoms with Gasteiger partial charge in [0.05, 0.1) is 11.0 Å². The number of imidazole rings is 1. The van der Waals surface area contributed by atoms with Crippen LogP contribution in [0.1, 0.15) is 41.5 Å². The lowest BCUT2D eigenvalue weighted by Crippen LogP contribution is -2.07. The van der Waals surface area contributed by atoms with Gasteiger partial charge in [-0.05, 0) is 29.2 Å². The summed E-state index contributed by atoms with van der Waals surface area (Å²) in [5, 5.41) is 0. The molecule has 0 bridgehead atoms. The number of hydrogen-bond donors (Lipinski definition) is 1. The number of fused-ring (bicyclic) bond motifs is 1. The first kappa shape index (κ1) is 14.3. The first-order valence-electron chi connectivity index (χ1n) is 7.34. The molecule has 4 heteroatoms. The molecular weight excluding hydrogens is 276 g/mol. The molecule has 1 aromatic heterocycles. The van der Waals surface area contributed by atoms with Crippen molar-refractivity contribution in [2.75, 3.05) is 0 Å². The zero-order chi connectivity index (χ0) is 15.5. The lowest BCUT2D eigenvalue weighted by atomic mass is 10.0. The molecule has 0 aliphatic carbocycles. The van der Waals surface area contributed by atoms with Gasteiger partial charge in [-0.3, -0.25) is 0 Å². The van der Waals surface area contributed by atoms with Gasteiger partial charge in [-0.15, -0.1) is 0 Å². The normalized spacial score (nSPS) is 11.0. The quantitative estimate of drug-likeness (QED) is 0.739. The second-order valence-corrected chi connectivity index (χ2v) is 5.58. The number of benzene rings is 2. The maximum absolute atomic E-state index is 12.1. The van der Waals surface area contributed by atoms with Crippen LogP contribution in [0.2, 0.25) is 0 Å². The topological polar surface area (TPSA) is 55.0 Å². The van der Waals surface area contributed by atoms with E-state index in [-0.39, 0.29) is 12.4 Å². The summed E-state index contributed by atoms with van der Waals surface area (Å²) in [4.78, 5) is 19.4. The molecule has 1 heterocycles. The first-order valence-corrected chi connectivity index (χ1v) is 7.34. The van der Waals surface area contributed by atoms with Gasteiger partial charge in [0, 0.05) is 0 Å². The van der Waals surface area contributed by atoms with E-state index in [0.717, 1.165) is 16.6 Å². The molecule has 2 aromatic carbocycles. The molecule has 22 heavy (non-hydrogen) atoms. The summed E-state index contributed by atoms with van der Waals surface area (Å²) in [6.07, 6.45) is 0. The fourth-order valence-electron chi connectivity index (χ4n) is 2.27. The van der Waals surface area contributed by atoms with Crippen LogP contribution < -0.4 is 0 Å². The maximum atomic E-state index is 12.1. The summed E-state index contributed by atoms with van der Waals surface area (Å²) >= 11 is 0. The van der Waals surface area contributed by atoms with Crippen molar-refractivity contribution in [2.24, 2.45) is 0 Å². The van der Waals surface area contributed by atoms with E-state index in [1.807, 2.05) is 48.5 Å². The second-order valence-electron chi connectivity index (χ2n) is 5.58. The summed E-state index contributed by atoms with van der Waals surface area (Å²) in [7, 11) is 0. The zero-order valence-corrected chi connectivity index (χ0v) is 12.7. The number of aromatic nitrogens is 2. The molecule has 0 unspecified atom stereocenters. The smallest absolute Gasteiger partial charge is 0.374 e. The highest BCUT2D eigenvalue weighted by Crippen LogP contribution is 2.20. The Kier molecular flexibility index (Phi) is 3.92. The Morgan fingerprint density at radius 3 is 2.68 bits per heavy atom. The molecule has 1 N–H and O–H groups in total. The Bertz CT molecular complexity index is 791. The third-order valence-corrected chi connectivity index (χ3v) is 3.58. The zero-order valence-electron chi connectivity index (χ0n) is 12.7. The molecule has 0 aliphatic rings. The number of nitrogens with zero attached hydrogens (tertiary/aromatic N) is 1. The van der Waals surface area contributed by atoms with Gasteiger partial charge in [-0.2, -0.15) is 0 Å². The molecule has 4 nitrogen and oxygen atoms in total. The summed E-state index contributed by atoms with van der Waals surface area (Å²) in [6, 6.07) is 15.6. The van der Waals surface area contributed by atoms with Gasteiger partial charge in [-0.1, -0.05) is 50.2 Å². The number of esters is 1. The van der Waals surface area contributed by atoms with E-state index in [4.69, 9.17) is 4.74 Å². The van der Waals surface area contributed by atoms with E-state index in [1.165, 1.54) is 5.56 Å². The fraction of sp³-hybridized carbons (Fsp3) is 0.222. The Morgan fingerprint density at radius 1 is 1.18 bits per heavy atom. The molecule has 112 valence electrons. The number of nitrogens with one attached hydrogen (secondary N) is 1. The van der Waals surface area contributed by atoms with Crippen molar-refractivity contribution in [3.05, 3.63) is 65.5 Å². The van der Waals surface area contributed by atoms with Crippen molar-refractivity contribution >= 4 is 17.0 Å². The number of carbonyl (C=O) groups is 1. The monoisotopic (exact) mass is 294 g/mol. The largest absolute Gasteiger partial charge is 0.455 e. The standard InChI is InChI=1S/C18H18N2O2/c1-12(2)14-8-9-15-16(10-14)20-17(19-15)18(21)22-11-13-6-4-3-5-7-13/h3-10,12H,11H2,1-2H3,(H,19,20). The molecule has 0 atom stereocenters. The number of aromatic amines is 1. The number of H-pyrrole nitrogens is 1. The highest BCUT2D eigenvalue weighted by molar-refractivity contribution is 5.90. The van der Waals surface area contributed by atoms with Crippen molar-refractivity contribution in [3.8, 4) is 0 Å². The minimum absolute atomic E-state index is 0.242. The Labute approximate surface area is 129 Å². The lowest BCUT2D eigenvalue weighted by molar-refractivity contribution is 0.0460. The van der Waals surface area contributed by atoms with Crippen LogP contribution in [0.25, 0.3) is 11.0 Å². The number of carbonyl (C=O) groups excluding carboxylic acids is 1. The van der Waals surface area contributed by atoms with Crippen LogP contribution >= 0.6 is 0 Å². The van der Waals surface area contributed by atoms with Crippen molar-refractivity contribution in [2.45, 2.75) is 26.4 Å². The summed E-state index contributed by atoms with van der Waals surface area (Å²) < 4.78 is 5.29. The average molecular weight is 294 g/mol. The highest BCUT2D eigenvalue weighted by Gasteiger charge is 2.13. The van der Waals surface area contributed by atoms with Crippen LogP contribution in [0.5, 0.6) is 0 Å². The minimum atomic E-state index is -0.439. The first-order chi connectivity index (χ1) is 10.6. The van der Waals surface area contributed by atoms with Crippen LogP contribution in [0.4, 0.5) is 0 Å². The van der Waals surface area contributed by atoms with Crippen molar-refractivity contribution in [1.29, 1.82) is 0 Å². The van der Waals surface area contributed by atoms with E-state index >= 15 is 0 Å². The second kappa shape index (κ2) is 6.02. The van der Waals surface area contributed by atoms with Crippen LogP contribution in [0, 0.1) is 0 Å². The van der Waals surface area contributed by atoms with Gasteiger partial charge in [0.25, 0.3) is 0 Å². The van der Waals surface area contributed by atoms with E-state index in [9.17, 15) is 4.79 Å². The number of rotatable bonds is 4. The molecule has 0 saturated carbocycles. The van der Waals surface area contributed by atoms with Gasteiger partial charge >= 0.3 is 5.97 Å². The molecular formula is C18H18N2O2. The fourth-order valence-corrected chi connectivity index (χ4v) is 2.27. The van der Waals surface area contributed by atoms with E-state index in [0.29, 0.717) is 5.92 Å². The number of hydrogen-bond acceptors (Lipinski definition) is 3. The molecule has 0 fully saturated rings. The Hall–Kier alpha value is -2.62. The molecule has 0 spiro atoms. The van der Waals surface area contributed by atoms with E-state index in [1.54, 1.807) is 0 Å². The predicted octanol–water partition coefficient (Wildman–Crippen LogP) is 4.04. The summed E-state index contributed by atoms with van der Waals surface area (Å²) in [6.45, 7) is 4.51. The van der Waals surface area contributed by atoms with Crippen LogP contribution in [-0.2, 0) is 11.3 Å². The average Bonchev–Trinajstić information content (AvgIpc) is 2.96. The van der Waals surface area contributed by atoms with Crippen LogP contribution in [0.3, 0.4) is 0 Å². The van der Waals surface area contributed by atoms with Crippen LogP contribution in [-0.4, -0.2) is 15.9 Å². The SMILES string of the molecule is CC(C)c1ccc2nc(C(=O)OCc3ccccc3)[nH]c2c1. The highest BCUT2D eigenvalue weighted by atomic mass is 16.5. The molecule has 0 aliphatic heterocycles.